The van der Waals surface area contributed by atoms with Gasteiger partial charge in [-0.25, -0.2) is 4.98 Å². The standard InChI is InChI=1S/C23H24N4O2/c24-22(28)16-5-3-6-17(14-16)23(29)26-19-11-9-18(10-12-19)25-21-13-8-15-4-1-2-7-20(15)27-21/h1-8,13-14,18-19H,9-12H2,(H2,24,28)(H,25,27)(H,26,29). The van der Waals surface area contributed by atoms with Crippen molar-refractivity contribution in [3.05, 3.63) is 71.8 Å². The van der Waals surface area contributed by atoms with Crippen LogP contribution in [0.25, 0.3) is 10.9 Å². The highest BCUT2D eigenvalue weighted by Gasteiger charge is 2.23. The highest BCUT2D eigenvalue weighted by molar-refractivity contribution is 5.99. The number of carbonyl (C=O) groups excluding carboxylic acids is 2. The van der Waals surface area contributed by atoms with Crippen LogP contribution >= 0.6 is 0 Å². The zero-order valence-corrected chi connectivity index (χ0v) is 16.1. The molecular weight excluding hydrogens is 364 g/mol. The lowest BCUT2D eigenvalue weighted by molar-refractivity contribution is 0.0926. The minimum Gasteiger partial charge on any atom is -0.367 e. The normalized spacial score (nSPS) is 18.9. The average Bonchev–Trinajstić information content (AvgIpc) is 2.75. The van der Waals surface area contributed by atoms with Gasteiger partial charge in [-0.05, 0) is 62.1 Å². The largest absolute Gasteiger partial charge is 0.367 e. The van der Waals surface area contributed by atoms with Crippen LogP contribution in [-0.2, 0) is 0 Å². The Balaban J connectivity index is 1.31. The average molecular weight is 388 g/mol. The Kier molecular flexibility index (Phi) is 5.42. The Bertz CT molecular complexity index is 1040. The fraction of sp³-hybridized carbons (Fsp3) is 0.261. The fourth-order valence-electron chi connectivity index (χ4n) is 3.82. The number of carbonyl (C=O) groups is 2. The van der Waals surface area contributed by atoms with E-state index in [9.17, 15) is 9.59 Å². The number of nitrogens with zero attached hydrogens (tertiary/aromatic N) is 1. The van der Waals surface area contributed by atoms with E-state index >= 15 is 0 Å². The van der Waals surface area contributed by atoms with E-state index in [1.54, 1.807) is 18.2 Å². The number of nitrogens with two attached hydrogens (primary N) is 1. The minimum atomic E-state index is -0.534. The molecular formula is C23H24N4O2. The maximum atomic E-state index is 12.5. The third-order valence-corrected chi connectivity index (χ3v) is 5.42. The molecule has 1 saturated carbocycles. The molecule has 0 radical (unpaired) electrons. The SMILES string of the molecule is NC(=O)c1cccc(C(=O)NC2CCC(Nc3ccc4ccccc4n3)CC2)c1. The number of hydrogen-bond donors (Lipinski definition) is 3. The van der Waals surface area contributed by atoms with E-state index in [2.05, 4.69) is 27.8 Å². The van der Waals surface area contributed by atoms with Gasteiger partial charge < -0.3 is 16.4 Å². The monoisotopic (exact) mass is 388 g/mol. The second-order valence-electron chi connectivity index (χ2n) is 7.50. The zero-order valence-electron chi connectivity index (χ0n) is 16.1. The summed E-state index contributed by atoms with van der Waals surface area (Å²) < 4.78 is 0. The van der Waals surface area contributed by atoms with Crippen molar-refractivity contribution >= 4 is 28.5 Å². The number of rotatable bonds is 5. The van der Waals surface area contributed by atoms with E-state index < -0.39 is 5.91 Å². The van der Waals surface area contributed by atoms with Gasteiger partial charge in [0.25, 0.3) is 5.91 Å². The molecule has 6 nitrogen and oxygen atoms in total. The summed E-state index contributed by atoms with van der Waals surface area (Å²) in [6.45, 7) is 0. The first kappa shape index (κ1) is 18.9. The van der Waals surface area contributed by atoms with Gasteiger partial charge in [-0.3, -0.25) is 9.59 Å². The molecule has 1 fully saturated rings. The maximum absolute atomic E-state index is 12.5. The number of fused-ring (bicyclic) bond motifs is 1. The van der Waals surface area contributed by atoms with Gasteiger partial charge in [0.2, 0.25) is 5.91 Å². The van der Waals surface area contributed by atoms with Crippen LogP contribution in [0.1, 0.15) is 46.4 Å². The molecule has 3 aromatic rings. The van der Waals surface area contributed by atoms with E-state index in [1.807, 2.05) is 24.3 Å². The van der Waals surface area contributed by atoms with Crippen LogP contribution in [0.15, 0.2) is 60.7 Å². The van der Waals surface area contributed by atoms with Crippen molar-refractivity contribution in [1.82, 2.24) is 10.3 Å². The number of amides is 2. The first-order chi connectivity index (χ1) is 14.1. The number of nitrogens with one attached hydrogen (secondary N) is 2. The second kappa shape index (κ2) is 8.31. The Labute approximate surface area is 169 Å². The smallest absolute Gasteiger partial charge is 0.251 e. The lowest BCUT2D eigenvalue weighted by Gasteiger charge is -2.30. The van der Waals surface area contributed by atoms with E-state index in [4.69, 9.17) is 5.73 Å². The van der Waals surface area contributed by atoms with Crippen molar-refractivity contribution in [2.24, 2.45) is 5.73 Å². The summed E-state index contributed by atoms with van der Waals surface area (Å²) in [6.07, 6.45) is 3.71. The predicted molar refractivity (Wildman–Crippen MR) is 114 cm³/mol. The molecule has 2 aromatic carbocycles. The third kappa shape index (κ3) is 4.54. The van der Waals surface area contributed by atoms with Crippen LogP contribution in [0.2, 0.25) is 0 Å². The van der Waals surface area contributed by atoms with Gasteiger partial charge in [-0.1, -0.05) is 24.3 Å². The van der Waals surface area contributed by atoms with Crippen molar-refractivity contribution < 1.29 is 9.59 Å². The molecule has 1 aliphatic rings. The van der Waals surface area contributed by atoms with Crippen LogP contribution < -0.4 is 16.4 Å². The van der Waals surface area contributed by atoms with Crippen LogP contribution in [0, 0.1) is 0 Å². The van der Waals surface area contributed by atoms with Crippen molar-refractivity contribution in [3.63, 3.8) is 0 Å². The van der Waals surface area contributed by atoms with E-state index in [0.717, 1.165) is 42.4 Å². The van der Waals surface area contributed by atoms with Crippen LogP contribution in [0.3, 0.4) is 0 Å². The van der Waals surface area contributed by atoms with Gasteiger partial charge in [0.15, 0.2) is 0 Å². The van der Waals surface area contributed by atoms with E-state index in [0.29, 0.717) is 17.2 Å². The van der Waals surface area contributed by atoms with Crippen molar-refractivity contribution in [2.75, 3.05) is 5.32 Å². The molecule has 4 N–H and O–H groups in total. The number of aromatic nitrogens is 1. The summed E-state index contributed by atoms with van der Waals surface area (Å²) in [5, 5.41) is 7.73. The molecule has 0 spiro atoms. The Morgan fingerprint density at radius 3 is 2.38 bits per heavy atom. The van der Waals surface area contributed by atoms with Gasteiger partial charge >= 0.3 is 0 Å². The molecule has 2 amide bonds. The van der Waals surface area contributed by atoms with Crippen LogP contribution in [-0.4, -0.2) is 28.9 Å². The molecule has 0 bridgehead atoms. The number of anilines is 1. The molecule has 1 aromatic heterocycles. The van der Waals surface area contributed by atoms with Crippen LogP contribution in [0.5, 0.6) is 0 Å². The molecule has 0 unspecified atom stereocenters. The van der Waals surface area contributed by atoms with E-state index in [1.165, 1.54) is 6.07 Å². The Hall–Kier alpha value is -3.41. The highest BCUT2D eigenvalue weighted by Crippen LogP contribution is 2.23. The van der Waals surface area contributed by atoms with Gasteiger partial charge in [0, 0.05) is 28.6 Å². The lowest BCUT2D eigenvalue weighted by Crippen LogP contribution is -2.40. The minimum absolute atomic E-state index is 0.127. The molecule has 0 saturated heterocycles. The highest BCUT2D eigenvalue weighted by atomic mass is 16.2. The van der Waals surface area contributed by atoms with Gasteiger partial charge in [0.1, 0.15) is 5.82 Å². The quantitative estimate of drug-likeness (QED) is 0.623. The molecule has 148 valence electrons. The molecule has 6 heteroatoms. The number of para-hydroxylation sites is 1. The second-order valence-corrected chi connectivity index (χ2v) is 7.50. The Morgan fingerprint density at radius 1 is 0.862 bits per heavy atom. The first-order valence-corrected chi connectivity index (χ1v) is 9.91. The van der Waals surface area contributed by atoms with E-state index in [-0.39, 0.29) is 11.9 Å². The number of hydrogen-bond acceptors (Lipinski definition) is 4. The van der Waals surface area contributed by atoms with Crippen molar-refractivity contribution in [3.8, 4) is 0 Å². The Morgan fingerprint density at radius 2 is 1.59 bits per heavy atom. The van der Waals surface area contributed by atoms with Gasteiger partial charge in [-0.15, -0.1) is 0 Å². The summed E-state index contributed by atoms with van der Waals surface area (Å²) >= 11 is 0. The summed E-state index contributed by atoms with van der Waals surface area (Å²) in [4.78, 5) is 28.5. The van der Waals surface area contributed by atoms with Crippen molar-refractivity contribution in [2.45, 2.75) is 37.8 Å². The summed E-state index contributed by atoms with van der Waals surface area (Å²) in [5.74, 6) is 0.189. The molecule has 1 aliphatic carbocycles. The lowest BCUT2D eigenvalue weighted by atomic mass is 9.91. The molecule has 1 heterocycles. The first-order valence-electron chi connectivity index (χ1n) is 9.91. The third-order valence-electron chi connectivity index (χ3n) is 5.42. The number of benzene rings is 2. The summed E-state index contributed by atoms with van der Waals surface area (Å²) in [6, 6.07) is 19.2. The molecule has 4 rings (SSSR count). The van der Waals surface area contributed by atoms with Crippen LogP contribution in [0.4, 0.5) is 5.82 Å². The van der Waals surface area contributed by atoms with Gasteiger partial charge in [-0.2, -0.15) is 0 Å². The molecule has 0 atom stereocenters. The predicted octanol–water partition coefficient (Wildman–Crippen LogP) is 3.49. The topological polar surface area (TPSA) is 97.1 Å². The molecule has 0 aliphatic heterocycles. The zero-order chi connectivity index (χ0) is 20.2. The molecule has 29 heavy (non-hydrogen) atoms. The summed E-state index contributed by atoms with van der Waals surface area (Å²) in [5.41, 5.74) is 7.08. The fourth-order valence-corrected chi connectivity index (χ4v) is 3.82. The maximum Gasteiger partial charge on any atom is 0.251 e. The van der Waals surface area contributed by atoms with Crippen molar-refractivity contribution in [1.29, 1.82) is 0 Å². The van der Waals surface area contributed by atoms with Gasteiger partial charge in [0.05, 0.1) is 5.52 Å². The number of primary amides is 1. The number of pyridine rings is 1. The summed E-state index contributed by atoms with van der Waals surface area (Å²) in [7, 11) is 0.